The third-order valence-corrected chi connectivity index (χ3v) is 4.54. The van der Waals surface area contributed by atoms with Gasteiger partial charge in [-0.1, -0.05) is 30.3 Å². The Labute approximate surface area is 176 Å². The fourth-order valence-electron chi connectivity index (χ4n) is 2.96. The first kappa shape index (κ1) is 20.5. The lowest BCUT2D eigenvalue weighted by Crippen LogP contribution is -2.08. The van der Waals surface area contributed by atoms with Crippen molar-refractivity contribution in [3.8, 4) is 28.6 Å². The van der Waals surface area contributed by atoms with Crippen molar-refractivity contribution < 1.29 is 22.6 Å². The van der Waals surface area contributed by atoms with Gasteiger partial charge < -0.3 is 9.47 Å². The molecule has 0 aliphatic heterocycles. The number of methoxy groups -OCH3 is 1. The number of benzene rings is 3. The number of ether oxygens (including phenoxy) is 2. The Morgan fingerprint density at radius 3 is 2.10 bits per heavy atom. The first-order valence-corrected chi connectivity index (χ1v) is 9.40. The van der Waals surface area contributed by atoms with Crippen LogP contribution in [0.3, 0.4) is 0 Å². The van der Waals surface area contributed by atoms with Crippen molar-refractivity contribution >= 4 is 0 Å². The molecule has 0 atom stereocenters. The number of hydrogen-bond acceptors (Lipinski definition) is 4. The molecule has 31 heavy (non-hydrogen) atoms. The predicted molar refractivity (Wildman–Crippen MR) is 109 cm³/mol. The zero-order valence-electron chi connectivity index (χ0n) is 16.5. The van der Waals surface area contributed by atoms with Crippen LogP contribution in [-0.2, 0) is 12.8 Å². The van der Waals surface area contributed by atoms with Crippen molar-refractivity contribution in [3.05, 3.63) is 90.3 Å². The molecule has 158 valence electrons. The number of halogens is 3. The number of aromatic nitrogens is 3. The van der Waals surface area contributed by atoms with E-state index in [-0.39, 0.29) is 5.82 Å². The zero-order valence-corrected chi connectivity index (χ0v) is 16.5. The number of rotatable bonds is 6. The smallest absolute Gasteiger partial charge is 0.453 e. The maximum Gasteiger partial charge on any atom is 0.453 e. The van der Waals surface area contributed by atoms with E-state index >= 15 is 0 Å². The fourth-order valence-corrected chi connectivity index (χ4v) is 2.96. The van der Waals surface area contributed by atoms with Gasteiger partial charge in [0.05, 0.1) is 12.8 Å². The Hall–Kier alpha value is -3.81. The van der Waals surface area contributed by atoms with Gasteiger partial charge in [-0.3, -0.25) is 0 Å². The van der Waals surface area contributed by atoms with E-state index in [4.69, 9.17) is 9.47 Å². The molecule has 1 heterocycles. The maximum absolute atomic E-state index is 13.3. The summed E-state index contributed by atoms with van der Waals surface area (Å²) in [5, 5.41) is 3.69. The van der Waals surface area contributed by atoms with Gasteiger partial charge in [-0.2, -0.15) is 13.2 Å². The highest BCUT2D eigenvalue weighted by Crippen LogP contribution is 2.31. The molecule has 3 aromatic carbocycles. The molecule has 0 unspecified atom stereocenters. The Morgan fingerprint density at radius 1 is 0.839 bits per heavy atom. The summed E-state index contributed by atoms with van der Waals surface area (Å²) in [6.45, 7) is 0.389. The van der Waals surface area contributed by atoms with Crippen LogP contribution in [-0.4, -0.2) is 21.9 Å². The predicted octanol–water partition coefficient (Wildman–Crippen LogP) is 5.54. The second kappa shape index (κ2) is 8.51. The molecule has 0 spiro atoms. The van der Waals surface area contributed by atoms with Crippen LogP contribution >= 0.6 is 0 Å². The molecule has 0 fully saturated rings. The summed E-state index contributed by atoms with van der Waals surface area (Å²) in [7, 11) is 1.51. The highest BCUT2D eigenvalue weighted by atomic mass is 19.4. The quantitative estimate of drug-likeness (QED) is 0.407. The van der Waals surface area contributed by atoms with Crippen molar-refractivity contribution in [2.45, 2.75) is 12.8 Å². The van der Waals surface area contributed by atoms with Crippen LogP contribution in [0.2, 0.25) is 0 Å². The van der Waals surface area contributed by atoms with Gasteiger partial charge in [-0.25, -0.2) is 9.67 Å². The third-order valence-electron chi connectivity index (χ3n) is 4.54. The van der Waals surface area contributed by atoms with E-state index in [2.05, 4.69) is 10.1 Å². The molecule has 0 aliphatic carbocycles. The summed E-state index contributed by atoms with van der Waals surface area (Å²) < 4.78 is 51.9. The minimum atomic E-state index is -4.66. The van der Waals surface area contributed by atoms with E-state index < -0.39 is 12.0 Å². The van der Waals surface area contributed by atoms with Gasteiger partial charge in [0.1, 0.15) is 18.1 Å². The molecule has 0 amide bonds. The van der Waals surface area contributed by atoms with Crippen LogP contribution < -0.4 is 9.47 Å². The maximum atomic E-state index is 13.3. The van der Waals surface area contributed by atoms with Crippen LogP contribution in [0.1, 0.15) is 11.4 Å². The van der Waals surface area contributed by atoms with Gasteiger partial charge in [0, 0.05) is 5.56 Å². The monoisotopic (exact) mass is 425 g/mol. The summed E-state index contributed by atoms with van der Waals surface area (Å²) in [6, 6.07) is 22.9. The first-order chi connectivity index (χ1) is 14.9. The van der Waals surface area contributed by atoms with Crippen molar-refractivity contribution in [1.29, 1.82) is 0 Å². The van der Waals surface area contributed by atoms with E-state index in [9.17, 15) is 13.2 Å². The fraction of sp³-hybridized carbons (Fsp3) is 0.130. The number of alkyl halides is 3. The molecule has 8 heteroatoms. The third kappa shape index (κ3) is 4.69. The molecule has 1 aromatic heterocycles. The van der Waals surface area contributed by atoms with Gasteiger partial charge in [-0.15, -0.1) is 5.10 Å². The highest BCUT2D eigenvalue weighted by molar-refractivity contribution is 5.59. The lowest BCUT2D eigenvalue weighted by molar-refractivity contribution is -0.144. The molecular weight excluding hydrogens is 407 g/mol. The summed E-state index contributed by atoms with van der Waals surface area (Å²) in [4.78, 5) is 3.75. The van der Waals surface area contributed by atoms with E-state index in [1.807, 2.05) is 30.3 Å². The molecule has 4 rings (SSSR count). The molecular formula is C23H18F3N3O2. The standard InChI is InChI=1S/C23H18F3N3O2/c1-30-19-13-9-18(10-14-19)29-21(27-22(28-29)23(24,25)26)17-7-11-20(12-8-17)31-15-16-5-3-2-4-6-16/h2-14H,15H2,1H3. The van der Waals surface area contributed by atoms with Gasteiger partial charge >= 0.3 is 6.18 Å². The van der Waals surface area contributed by atoms with Gasteiger partial charge in [0.2, 0.25) is 0 Å². The first-order valence-electron chi connectivity index (χ1n) is 9.40. The molecule has 0 saturated carbocycles. The van der Waals surface area contributed by atoms with E-state index in [1.54, 1.807) is 48.5 Å². The summed E-state index contributed by atoms with van der Waals surface area (Å²) in [6.07, 6.45) is -4.66. The van der Waals surface area contributed by atoms with Crippen LogP contribution in [0, 0.1) is 0 Å². The minimum Gasteiger partial charge on any atom is -0.497 e. The van der Waals surface area contributed by atoms with Crippen molar-refractivity contribution in [2.75, 3.05) is 7.11 Å². The summed E-state index contributed by atoms with van der Waals surface area (Å²) in [5.41, 5.74) is 1.93. The van der Waals surface area contributed by atoms with E-state index in [0.717, 1.165) is 5.56 Å². The Kier molecular flexibility index (Phi) is 5.62. The largest absolute Gasteiger partial charge is 0.497 e. The van der Waals surface area contributed by atoms with Gasteiger partial charge in [-0.05, 0) is 54.1 Å². The Balaban J connectivity index is 1.63. The average molecular weight is 425 g/mol. The van der Waals surface area contributed by atoms with Gasteiger partial charge in [0.15, 0.2) is 5.82 Å². The zero-order chi connectivity index (χ0) is 21.8. The lowest BCUT2D eigenvalue weighted by Gasteiger charge is -2.09. The molecule has 0 N–H and O–H groups in total. The second-order valence-corrected chi connectivity index (χ2v) is 6.67. The van der Waals surface area contributed by atoms with Crippen LogP contribution in [0.25, 0.3) is 17.1 Å². The molecule has 0 aliphatic rings. The number of nitrogens with zero attached hydrogens (tertiary/aromatic N) is 3. The number of hydrogen-bond donors (Lipinski definition) is 0. The van der Waals surface area contributed by atoms with Crippen LogP contribution in [0.4, 0.5) is 13.2 Å². The van der Waals surface area contributed by atoms with E-state index in [1.165, 1.54) is 11.8 Å². The van der Waals surface area contributed by atoms with E-state index in [0.29, 0.717) is 29.4 Å². The highest BCUT2D eigenvalue weighted by Gasteiger charge is 2.37. The summed E-state index contributed by atoms with van der Waals surface area (Å²) >= 11 is 0. The Morgan fingerprint density at radius 2 is 1.48 bits per heavy atom. The average Bonchev–Trinajstić information content (AvgIpc) is 3.25. The molecule has 0 bridgehead atoms. The van der Waals surface area contributed by atoms with Crippen LogP contribution in [0.5, 0.6) is 11.5 Å². The van der Waals surface area contributed by atoms with Crippen molar-refractivity contribution in [2.24, 2.45) is 0 Å². The minimum absolute atomic E-state index is 0.0760. The molecule has 0 saturated heterocycles. The topological polar surface area (TPSA) is 49.2 Å². The molecule has 5 nitrogen and oxygen atoms in total. The Bertz CT molecular complexity index is 1140. The molecule has 0 radical (unpaired) electrons. The lowest BCUT2D eigenvalue weighted by atomic mass is 10.2. The van der Waals surface area contributed by atoms with Gasteiger partial charge in [0.25, 0.3) is 5.82 Å². The SMILES string of the molecule is COc1ccc(-n2nc(C(F)(F)F)nc2-c2ccc(OCc3ccccc3)cc2)cc1. The second-order valence-electron chi connectivity index (χ2n) is 6.67. The van der Waals surface area contributed by atoms with Crippen molar-refractivity contribution in [3.63, 3.8) is 0 Å². The van der Waals surface area contributed by atoms with Crippen LogP contribution in [0.15, 0.2) is 78.9 Å². The van der Waals surface area contributed by atoms with Crippen molar-refractivity contribution in [1.82, 2.24) is 14.8 Å². The normalized spacial score (nSPS) is 11.4. The molecule has 4 aromatic rings. The summed E-state index contributed by atoms with van der Waals surface area (Å²) in [5.74, 6) is 0.0513.